The van der Waals surface area contributed by atoms with Gasteiger partial charge >= 0.3 is 0 Å². The molecule has 1 aromatic heterocycles. The van der Waals surface area contributed by atoms with Gasteiger partial charge < -0.3 is 5.11 Å². The molecule has 84 valence electrons. The Kier molecular flexibility index (Phi) is 3.42. The van der Waals surface area contributed by atoms with Crippen molar-refractivity contribution in [1.29, 1.82) is 0 Å². The van der Waals surface area contributed by atoms with Crippen molar-refractivity contribution >= 4 is 27.3 Å². The molecule has 16 heavy (non-hydrogen) atoms. The molecule has 0 saturated heterocycles. The third kappa shape index (κ3) is 2.34. The number of rotatable bonds is 2. The van der Waals surface area contributed by atoms with Crippen LogP contribution in [0.4, 0.5) is 4.39 Å². The summed E-state index contributed by atoms with van der Waals surface area (Å²) < 4.78 is 14.3. The zero-order chi connectivity index (χ0) is 11.7. The van der Waals surface area contributed by atoms with E-state index in [1.54, 1.807) is 19.1 Å². The molecule has 1 heterocycles. The monoisotopic (exact) mass is 300 g/mol. The van der Waals surface area contributed by atoms with Crippen LogP contribution >= 0.6 is 27.3 Å². The normalized spacial score (nSPS) is 12.8. The molecule has 0 saturated carbocycles. The predicted octanol–water partition coefficient (Wildman–Crippen LogP) is 4.04. The zero-order valence-corrected chi connectivity index (χ0v) is 11.0. The van der Waals surface area contributed by atoms with E-state index in [1.165, 1.54) is 17.4 Å². The maximum Gasteiger partial charge on any atom is 0.126 e. The van der Waals surface area contributed by atoms with E-state index in [0.29, 0.717) is 11.1 Å². The molecule has 0 spiro atoms. The van der Waals surface area contributed by atoms with E-state index in [9.17, 15) is 9.50 Å². The summed E-state index contributed by atoms with van der Waals surface area (Å²) in [6.45, 7) is 1.70. The highest BCUT2D eigenvalue weighted by Crippen LogP contribution is 2.31. The van der Waals surface area contributed by atoms with E-state index < -0.39 is 6.10 Å². The van der Waals surface area contributed by atoms with Crippen molar-refractivity contribution in [1.82, 2.24) is 0 Å². The molecule has 0 radical (unpaired) electrons. The Labute approximate surface area is 106 Å². The Morgan fingerprint density at radius 2 is 2.06 bits per heavy atom. The quantitative estimate of drug-likeness (QED) is 0.887. The Morgan fingerprint density at radius 3 is 2.62 bits per heavy atom. The second kappa shape index (κ2) is 4.65. The summed E-state index contributed by atoms with van der Waals surface area (Å²) in [5.74, 6) is -0.285. The van der Waals surface area contributed by atoms with Crippen LogP contribution in [0.1, 0.15) is 22.1 Å². The van der Waals surface area contributed by atoms with Gasteiger partial charge in [-0.15, -0.1) is 11.3 Å². The summed E-state index contributed by atoms with van der Waals surface area (Å²) in [4.78, 5) is 0.801. The van der Waals surface area contributed by atoms with Crippen molar-refractivity contribution < 1.29 is 9.50 Å². The Hall–Kier alpha value is -0.710. The summed E-state index contributed by atoms with van der Waals surface area (Å²) in [6, 6.07) is 8.51. The molecule has 0 fully saturated rings. The minimum Gasteiger partial charge on any atom is -0.383 e. The lowest BCUT2D eigenvalue weighted by molar-refractivity contribution is 0.223. The first-order chi connectivity index (χ1) is 7.58. The van der Waals surface area contributed by atoms with Crippen molar-refractivity contribution in [2.24, 2.45) is 0 Å². The zero-order valence-electron chi connectivity index (χ0n) is 8.58. The van der Waals surface area contributed by atoms with Crippen LogP contribution in [0.25, 0.3) is 0 Å². The molecule has 2 rings (SSSR count). The van der Waals surface area contributed by atoms with E-state index in [-0.39, 0.29) is 5.82 Å². The summed E-state index contributed by atoms with van der Waals surface area (Å²) >= 11 is 4.78. The van der Waals surface area contributed by atoms with Gasteiger partial charge in [0, 0.05) is 4.88 Å². The van der Waals surface area contributed by atoms with Crippen LogP contribution in [-0.4, -0.2) is 5.11 Å². The standard InChI is InChI=1S/C12H10BrFOS/c1-7-2-3-8(6-9(7)14)12(15)10-4-5-11(13)16-10/h2-6,12,15H,1H3. The van der Waals surface area contributed by atoms with Crippen molar-refractivity contribution in [2.75, 3.05) is 0 Å². The van der Waals surface area contributed by atoms with Crippen molar-refractivity contribution in [3.05, 3.63) is 55.9 Å². The van der Waals surface area contributed by atoms with Gasteiger partial charge in [-0.05, 0) is 52.2 Å². The van der Waals surface area contributed by atoms with Gasteiger partial charge in [-0.25, -0.2) is 4.39 Å². The summed E-state index contributed by atoms with van der Waals surface area (Å²) in [5.41, 5.74) is 1.17. The predicted molar refractivity (Wildman–Crippen MR) is 67.2 cm³/mol. The fraction of sp³-hybridized carbons (Fsp3) is 0.167. The van der Waals surface area contributed by atoms with Crippen LogP contribution in [0.5, 0.6) is 0 Å². The topological polar surface area (TPSA) is 20.2 Å². The van der Waals surface area contributed by atoms with Crippen LogP contribution < -0.4 is 0 Å². The molecule has 0 aliphatic heterocycles. The molecule has 0 aliphatic rings. The van der Waals surface area contributed by atoms with Gasteiger partial charge in [-0.2, -0.15) is 0 Å². The molecule has 0 bridgehead atoms. The highest BCUT2D eigenvalue weighted by atomic mass is 79.9. The number of aliphatic hydroxyl groups excluding tert-OH is 1. The third-order valence-electron chi connectivity index (χ3n) is 2.38. The molecule has 1 N–H and O–H groups in total. The highest BCUT2D eigenvalue weighted by Gasteiger charge is 2.13. The smallest absolute Gasteiger partial charge is 0.126 e. The number of hydrogen-bond acceptors (Lipinski definition) is 2. The second-order valence-corrected chi connectivity index (χ2v) is 6.05. The minimum atomic E-state index is -0.758. The number of benzene rings is 1. The molecule has 2 aromatic rings. The van der Waals surface area contributed by atoms with Gasteiger partial charge in [0.1, 0.15) is 11.9 Å². The fourth-order valence-corrected chi connectivity index (χ4v) is 2.86. The van der Waals surface area contributed by atoms with Gasteiger partial charge in [-0.3, -0.25) is 0 Å². The molecule has 0 amide bonds. The Morgan fingerprint density at radius 1 is 1.31 bits per heavy atom. The van der Waals surface area contributed by atoms with Gasteiger partial charge in [0.15, 0.2) is 0 Å². The number of hydrogen-bond donors (Lipinski definition) is 1. The Balaban J connectivity index is 2.33. The van der Waals surface area contributed by atoms with Crippen LogP contribution in [0.15, 0.2) is 34.1 Å². The van der Waals surface area contributed by atoms with Gasteiger partial charge in [0.05, 0.1) is 3.79 Å². The highest BCUT2D eigenvalue weighted by molar-refractivity contribution is 9.11. The summed E-state index contributed by atoms with van der Waals surface area (Å²) in [5, 5.41) is 10.0. The molecular weight excluding hydrogens is 291 g/mol. The molecule has 4 heteroatoms. The largest absolute Gasteiger partial charge is 0.383 e. The lowest BCUT2D eigenvalue weighted by Gasteiger charge is -2.09. The van der Waals surface area contributed by atoms with E-state index in [4.69, 9.17) is 0 Å². The average Bonchev–Trinajstić information content (AvgIpc) is 2.68. The van der Waals surface area contributed by atoms with E-state index in [0.717, 1.165) is 8.66 Å². The van der Waals surface area contributed by atoms with Crippen LogP contribution in [0.3, 0.4) is 0 Å². The lowest BCUT2D eigenvalue weighted by atomic mass is 10.1. The first-order valence-corrected chi connectivity index (χ1v) is 6.38. The average molecular weight is 301 g/mol. The second-order valence-electron chi connectivity index (χ2n) is 3.55. The van der Waals surface area contributed by atoms with Gasteiger partial charge in [-0.1, -0.05) is 12.1 Å². The Bertz CT molecular complexity index is 509. The molecule has 0 aliphatic carbocycles. The number of aliphatic hydroxyl groups is 1. The SMILES string of the molecule is Cc1ccc(C(O)c2ccc(Br)s2)cc1F. The van der Waals surface area contributed by atoms with Gasteiger partial charge in [0.2, 0.25) is 0 Å². The van der Waals surface area contributed by atoms with Crippen LogP contribution in [0.2, 0.25) is 0 Å². The van der Waals surface area contributed by atoms with E-state index in [1.807, 2.05) is 12.1 Å². The third-order valence-corrected chi connectivity index (χ3v) is 4.05. The van der Waals surface area contributed by atoms with Crippen LogP contribution in [-0.2, 0) is 0 Å². The maximum atomic E-state index is 13.3. The summed E-state index contributed by atoms with van der Waals surface area (Å²) in [7, 11) is 0. The van der Waals surface area contributed by atoms with Crippen molar-refractivity contribution in [3.63, 3.8) is 0 Å². The van der Waals surface area contributed by atoms with Crippen LogP contribution in [0, 0.1) is 12.7 Å². The van der Waals surface area contributed by atoms with E-state index in [2.05, 4.69) is 15.9 Å². The molecular formula is C12H10BrFOS. The van der Waals surface area contributed by atoms with Crippen molar-refractivity contribution in [2.45, 2.75) is 13.0 Å². The summed E-state index contributed by atoms with van der Waals surface area (Å²) in [6.07, 6.45) is -0.758. The van der Waals surface area contributed by atoms with E-state index >= 15 is 0 Å². The lowest BCUT2D eigenvalue weighted by Crippen LogP contribution is -1.98. The fourth-order valence-electron chi connectivity index (χ4n) is 1.42. The molecule has 1 unspecified atom stereocenters. The first kappa shape index (κ1) is 11.8. The molecule has 1 atom stereocenters. The maximum absolute atomic E-state index is 13.3. The minimum absolute atomic E-state index is 0.285. The number of aryl methyl sites for hydroxylation is 1. The molecule has 1 nitrogen and oxygen atoms in total. The number of halogens is 2. The van der Waals surface area contributed by atoms with Gasteiger partial charge in [0.25, 0.3) is 0 Å². The molecule has 1 aromatic carbocycles. The number of thiophene rings is 1. The van der Waals surface area contributed by atoms with Crippen molar-refractivity contribution in [3.8, 4) is 0 Å². The first-order valence-electron chi connectivity index (χ1n) is 4.77.